The van der Waals surface area contributed by atoms with Crippen LogP contribution in [0.1, 0.15) is 22.8 Å². The number of guanidine groups is 1. The quantitative estimate of drug-likeness (QED) is 0.487. The number of benzene rings is 1. The normalized spacial score (nSPS) is 11.4. The molecule has 0 spiro atoms. The monoisotopic (exact) mass is 319 g/mol. The van der Waals surface area contributed by atoms with E-state index in [0.29, 0.717) is 5.56 Å². The van der Waals surface area contributed by atoms with Crippen LogP contribution in [0.15, 0.2) is 29.3 Å². The van der Waals surface area contributed by atoms with Gasteiger partial charge in [0.2, 0.25) is 0 Å². The van der Waals surface area contributed by atoms with Gasteiger partial charge in [-0.15, -0.1) is 0 Å². The molecule has 0 unspecified atom stereocenters. The van der Waals surface area contributed by atoms with Gasteiger partial charge in [-0.3, -0.25) is 9.79 Å². The molecule has 0 atom stereocenters. The van der Waals surface area contributed by atoms with Crippen molar-refractivity contribution in [2.24, 2.45) is 4.99 Å². The van der Waals surface area contributed by atoms with Crippen LogP contribution >= 0.6 is 0 Å². The number of amides is 1. The fourth-order valence-electron chi connectivity index (χ4n) is 2.08. The first-order valence-electron chi connectivity index (χ1n) is 8.04. The zero-order valence-corrected chi connectivity index (χ0v) is 14.6. The summed E-state index contributed by atoms with van der Waals surface area (Å²) in [5.74, 6) is 0.745. The average molecular weight is 319 g/mol. The highest BCUT2D eigenvalue weighted by Crippen LogP contribution is 2.05. The van der Waals surface area contributed by atoms with E-state index in [4.69, 9.17) is 0 Å². The van der Waals surface area contributed by atoms with Crippen molar-refractivity contribution in [1.82, 2.24) is 20.9 Å². The van der Waals surface area contributed by atoms with E-state index in [-0.39, 0.29) is 5.91 Å². The van der Waals surface area contributed by atoms with Crippen molar-refractivity contribution in [2.75, 3.05) is 47.3 Å². The molecule has 0 aromatic heterocycles. The maximum absolute atomic E-state index is 11.6. The summed E-state index contributed by atoms with van der Waals surface area (Å²) < 4.78 is 0. The zero-order valence-electron chi connectivity index (χ0n) is 14.6. The van der Waals surface area contributed by atoms with Gasteiger partial charge in [0.25, 0.3) is 5.91 Å². The smallest absolute Gasteiger partial charge is 0.251 e. The van der Waals surface area contributed by atoms with Gasteiger partial charge in [0.1, 0.15) is 0 Å². The summed E-state index contributed by atoms with van der Waals surface area (Å²) in [7, 11) is 5.50. The second-order valence-corrected chi connectivity index (χ2v) is 5.35. The fourth-order valence-corrected chi connectivity index (χ4v) is 2.08. The molecule has 1 rings (SSSR count). The van der Waals surface area contributed by atoms with Crippen molar-refractivity contribution in [2.45, 2.75) is 13.3 Å². The van der Waals surface area contributed by atoms with E-state index in [2.05, 4.69) is 39.8 Å². The summed E-state index contributed by atoms with van der Waals surface area (Å²) in [5.41, 5.74) is 1.81. The second kappa shape index (κ2) is 10.6. The van der Waals surface area contributed by atoms with Gasteiger partial charge in [0.05, 0.1) is 0 Å². The Kier molecular flexibility index (Phi) is 8.75. The molecule has 128 valence electrons. The van der Waals surface area contributed by atoms with Gasteiger partial charge in [-0.1, -0.05) is 19.1 Å². The average Bonchev–Trinajstić information content (AvgIpc) is 2.59. The maximum atomic E-state index is 11.6. The minimum Gasteiger partial charge on any atom is -0.356 e. The number of hydrogen-bond donors (Lipinski definition) is 3. The summed E-state index contributed by atoms with van der Waals surface area (Å²) in [6.45, 7) is 5.78. The molecular weight excluding hydrogens is 290 g/mol. The lowest BCUT2D eigenvalue weighted by atomic mass is 10.1. The van der Waals surface area contributed by atoms with E-state index >= 15 is 0 Å². The molecule has 0 bridgehead atoms. The van der Waals surface area contributed by atoms with E-state index in [1.54, 1.807) is 14.1 Å². The number of nitrogens with one attached hydrogen (secondary N) is 3. The van der Waals surface area contributed by atoms with Gasteiger partial charge in [0.15, 0.2) is 5.96 Å². The van der Waals surface area contributed by atoms with E-state index in [1.165, 1.54) is 0 Å². The van der Waals surface area contributed by atoms with Crippen LogP contribution in [0, 0.1) is 0 Å². The molecular formula is C17H29N5O. The highest BCUT2D eigenvalue weighted by molar-refractivity contribution is 5.94. The molecule has 6 heteroatoms. The highest BCUT2D eigenvalue weighted by Gasteiger charge is 2.04. The number of hydrogen-bond acceptors (Lipinski definition) is 3. The van der Waals surface area contributed by atoms with Gasteiger partial charge < -0.3 is 20.9 Å². The fraction of sp³-hybridized carbons (Fsp3) is 0.529. The minimum absolute atomic E-state index is 0.0580. The number of aliphatic imine (C=N–C) groups is 1. The molecule has 0 heterocycles. The predicted octanol–water partition coefficient (Wildman–Crippen LogP) is 0.705. The Bertz CT molecular complexity index is 515. The molecule has 3 N–H and O–H groups in total. The molecule has 23 heavy (non-hydrogen) atoms. The van der Waals surface area contributed by atoms with E-state index in [9.17, 15) is 4.79 Å². The molecule has 0 aliphatic heterocycles. The molecule has 0 aliphatic carbocycles. The molecule has 0 radical (unpaired) electrons. The van der Waals surface area contributed by atoms with Crippen LogP contribution < -0.4 is 16.0 Å². The molecule has 6 nitrogen and oxygen atoms in total. The first kappa shape index (κ1) is 19.0. The highest BCUT2D eigenvalue weighted by atomic mass is 16.1. The molecule has 1 aromatic carbocycles. The lowest BCUT2D eigenvalue weighted by molar-refractivity contribution is 0.0963. The van der Waals surface area contributed by atoms with Crippen molar-refractivity contribution >= 4 is 11.9 Å². The third kappa shape index (κ3) is 7.15. The van der Waals surface area contributed by atoms with Crippen LogP contribution in [0.4, 0.5) is 0 Å². The Morgan fingerprint density at radius 1 is 1.26 bits per heavy atom. The van der Waals surface area contributed by atoms with Crippen LogP contribution in [0.2, 0.25) is 0 Å². The number of carbonyl (C=O) groups is 1. The van der Waals surface area contributed by atoms with Crippen LogP contribution in [0.5, 0.6) is 0 Å². The summed E-state index contributed by atoms with van der Waals surface area (Å²) in [4.78, 5) is 18.1. The third-order valence-corrected chi connectivity index (χ3v) is 3.67. The lowest BCUT2D eigenvalue weighted by Crippen LogP contribution is -2.41. The summed E-state index contributed by atoms with van der Waals surface area (Å²) in [6.07, 6.45) is 0.834. The maximum Gasteiger partial charge on any atom is 0.251 e. The molecule has 1 aromatic rings. The predicted molar refractivity (Wildman–Crippen MR) is 96.1 cm³/mol. The summed E-state index contributed by atoms with van der Waals surface area (Å²) in [5, 5.41) is 9.23. The Morgan fingerprint density at radius 3 is 2.65 bits per heavy atom. The standard InChI is InChI=1S/C17H29N5O/c1-5-22(4)12-11-21-17(19-3)20-10-9-14-7-6-8-15(13-14)16(23)18-2/h6-8,13H,5,9-12H2,1-4H3,(H,18,23)(H2,19,20,21). The Morgan fingerprint density at radius 2 is 2.00 bits per heavy atom. The molecule has 1 amide bonds. The second-order valence-electron chi connectivity index (χ2n) is 5.35. The topological polar surface area (TPSA) is 68.8 Å². The minimum atomic E-state index is -0.0580. The lowest BCUT2D eigenvalue weighted by Gasteiger charge is -2.16. The van der Waals surface area contributed by atoms with E-state index < -0.39 is 0 Å². The summed E-state index contributed by atoms with van der Waals surface area (Å²) >= 11 is 0. The van der Waals surface area contributed by atoms with E-state index in [1.807, 2.05) is 24.3 Å². The Hall–Kier alpha value is -2.08. The Balaban J connectivity index is 2.38. The Labute approximate surface area is 139 Å². The van der Waals surface area contributed by atoms with Gasteiger partial charge in [0, 0.05) is 39.3 Å². The van der Waals surface area contributed by atoms with Crippen LogP contribution in [-0.2, 0) is 6.42 Å². The van der Waals surface area contributed by atoms with Crippen LogP contribution in [0.25, 0.3) is 0 Å². The first-order chi connectivity index (χ1) is 11.1. The van der Waals surface area contributed by atoms with Crippen LogP contribution in [0.3, 0.4) is 0 Å². The number of nitrogens with zero attached hydrogens (tertiary/aromatic N) is 2. The van der Waals surface area contributed by atoms with E-state index in [0.717, 1.165) is 44.1 Å². The van der Waals surface area contributed by atoms with Crippen molar-refractivity contribution in [3.8, 4) is 0 Å². The largest absolute Gasteiger partial charge is 0.356 e. The molecule has 0 saturated carbocycles. The number of rotatable bonds is 8. The SMILES string of the molecule is CCN(C)CCNC(=NC)NCCc1cccc(C(=O)NC)c1. The molecule has 0 aliphatic rings. The third-order valence-electron chi connectivity index (χ3n) is 3.67. The summed E-state index contributed by atoms with van der Waals surface area (Å²) in [6, 6.07) is 7.68. The van der Waals surface area contributed by atoms with Gasteiger partial charge in [-0.25, -0.2) is 0 Å². The van der Waals surface area contributed by atoms with Crippen LogP contribution in [-0.4, -0.2) is 64.1 Å². The molecule has 0 saturated heterocycles. The van der Waals surface area contributed by atoms with Crippen molar-refractivity contribution in [1.29, 1.82) is 0 Å². The first-order valence-corrected chi connectivity index (χ1v) is 8.04. The number of likely N-dealkylation sites (N-methyl/N-ethyl adjacent to an activating group) is 1. The van der Waals surface area contributed by atoms with Crippen molar-refractivity contribution in [3.63, 3.8) is 0 Å². The van der Waals surface area contributed by atoms with Gasteiger partial charge in [-0.2, -0.15) is 0 Å². The van der Waals surface area contributed by atoms with Crippen molar-refractivity contribution < 1.29 is 4.79 Å². The number of carbonyl (C=O) groups excluding carboxylic acids is 1. The zero-order chi connectivity index (χ0) is 17.1. The van der Waals surface area contributed by atoms with Gasteiger partial charge >= 0.3 is 0 Å². The molecule has 0 fully saturated rings. The van der Waals surface area contributed by atoms with Crippen molar-refractivity contribution in [3.05, 3.63) is 35.4 Å². The van der Waals surface area contributed by atoms with Gasteiger partial charge in [-0.05, 0) is 37.7 Å².